The summed E-state index contributed by atoms with van der Waals surface area (Å²) in [5.41, 5.74) is 7.73. The minimum absolute atomic E-state index is 0.00350. The number of carbonyl (C=O) groups excluding carboxylic acids is 1. The molecule has 0 heterocycles. The van der Waals surface area contributed by atoms with Crippen LogP contribution in [0.1, 0.15) is 36.2 Å². The summed E-state index contributed by atoms with van der Waals surface area (Å²) in [5, 5.41) is 2.93. The lowest BCUT2D eigenvalue weighted by atomic mass is 10.1. The Morgan fingerprint density at radius 2 is 1.89 bits per heavy atom. The largest absolute Gasteiger partial charge is 0.352 e. The van der Waals surface area contributed by atoms with Gasteiger partial charge >= 0.3 is 0 Å². The van der Waals surface area contributed by atoms with E-state index in [9.17, 15) is 4.79 Å². The molecule has 100 valence electrons. The van der Waals surface area contributed by atoms with E-state index < -0.39 is 0 Å². The summed E-state index contributed by atoms with van der Waals surface area (Å²) in [5.74, 6) is 0.615. The van der Waals surface area contributed by atoms with Gasteiger partial charge in [0.05, 0.1) is 0 Å². The van der Waals surface area contributed by atoms with E-state index in [1.165, 1.54) is 0 Å². The van der Waals surface area contributed by atoms with Gasteiger partial charge in [-0.3, -0.25) is 15.6 Å². The van der Waals surface area contributed by atoms with Gasteiger partial charge in [0.15, 0.2) is 0 Å². The van der Waals surface area contributed by atoms with Crippen molar-refractivity contribution in [3.8, 4) is 0 Å². The van der Waals surface area contributed by atoms with Crippen molar-refractivity contribution in [2.75, 3.05) is 13.6 Å². The SMILES string of the molecule is CNNCc1ccc(C(=O)NCCC(C)C)cc1. The quantitative estimate of drug-likeness (QED) is 0.645. The molecule has 1 rings (SSSR count). The van der Waals surface area contributed by atoms with Crippen LogP contribution in [0.4, 0.5) is 0 Å². The first-order chi connectivity index (χ1) is 8.63. The highest BCUT2D eigenvalue weighted by Crippen LogP contribution is 2.04. The molecule has 1 amide bonds. The molecule has 0 saturated heterocycles. The Morgan fingerprint density at radius 1 is 1.22 bits per heavy atom. The van der Waals surface area contributed by atoms with Gasteiger partial charge in [0, 0.05) is 18.7 Å². The number of amides is 1. The van der Waals surface area contributed by atoms with Gasteiger partial charge in [0.2, 0.25) is 0 Å². The number of hydrazine groups is 1. The highest BCUT2D eigenvalue weighted by Gasteiger charge is 2.04. The minimum atomic E-state index is 0.00350. The summed E-state index contributed by atoms with van der Waals surface area (Å²) in [7, 11) is 1.83. The number of carbonyl (C=O) groups is 1. The highest BCUT2D eigenvalue weighted by atomic mass is 16.1. The maximum absolute atomic E-state index is 11.8. The zero-order valence-electron chi connectivity index (χ0n) is 11.4. The van der Waals surface area contributed by atoms with Gasteiger partial charge in [0.25, 0.3) is 5.91 Å². The summed E-state index contributed by atoms with van der Waals surface area (Å²) in [6.45, 7) is 5.77. The molecule has 3 N–H and O–H groups in total. The maximum Gasteiger partial charge on any atom is 0.251 e. The molecule has 0 aliphatic carbocycles. The van der Waals surface area contributed by atoms with Gasteiger partial charge in [-0.25, -0.2) is 0 Å². The number of hydrogen-bond acceptors (Lipinski definition) is 3. The number of benzene rings is 1. The predicted molar refractivity (Wildman–Crippen MR) is 74.1 cm³/mol. The molecule has 0 aromatic heterocycles. The Balaban J connectivity index is 2.43. The average Bonchev–Trinajstić information content (AvgIpc) is 2.36. The zero-order valence-corrected chi connectivity index (χ0v) is 11.4. The molecule has 0 bridgehead atoms. The normalized spacial score (nSPS) is 10.7. The summed E-state index contributed by atoms with van der Waals surface area (Å²) >= 11 is 0. The van der Waals surface area contributed by atoms with Gasteiger partial charge in [-0.1, -0.05) is 26.0 Å². The molecular formula is C14H23N3O. The van der Waals surface area contributed by atoms with Gasteiger partial charge < -0.3 is 5.32 Å². The third kappa shape index (κ3) is 5.29. The predicted octanol–water partition coefficient (Wildman–Crippen LogP) is 1.69. The van der Waals surface area contributed by atoms with E-state index in [1.54, 1.807) is 0 Å². The van der Waals surface area contributed by atoms with Crippen LogP contribution in [0.15, 0.2) is 24.3 Å². The van der Waals surface area contributed by atoms with E-state index in [2.05, 4.69) is 30.0 Å². The monoisotopic (exact) mass is 249 g/mol. The first kappa shape index (κ1) is 14.7. The molecule has 0 saturated carbocycles. The van der Waals surface area contributed by atoms with E-state index >= 15 is 0 Å². The first-order valence-corrected chi connectivity index (χ1v) is 6.40. The Kier molecular flexibility index (Phi) is 6.39. The van der Waals surface area contributed by atoms with Gasteiger partial charge in [-0.15, -0.1) is 0 Å². The van der Waals surface area contributed by atoms with E-state index in [4.69, 9.17) is 0 Å². The molecule has 4 heteroatoms. The molecule has 4 nitrogen and oxygen atoms in total. The van der Waals surface area contributed by atoms with Crippen LogP contribution in [0.2, 0.25) is 0 Å². The van der Waals surface area contributed by atoms with Crippen LogP contribution in [0.25, 0.3) is 0 Å². The van der Waals surface area contributed by atoms with Crippen LogP contribution >= 0.6 is 0 Å². The van der Waals surface area contributed by atoms with Crippen molar-refractivity contribution in [2.24, 2.45) is 5.92 Å². The average molecular weight is 249 g/mol. The lowest BCUT2D eigenvalue weighted by molar-refractivity contribution is 0.0952. The molecule has 0 aliphatic heterocycles. The van der Waals surface area contributed by atoms with Crippen LogP contribution in [-0.4, -0.2) is 19.5 Å². The molecule has 18 heavy (non-hydrogen) atoms. The molecule has 0 unspecified atom stereocenters. The Morgan fingerprint density at radius 3 is 2.44 bits per heavy atom. The van der Waals surface area contributed by atoms with Crippen molar-refractivity contribution >= 4 is 5.91 Å². The minimum Gasteiger partial charge on any atom is -0.352 e. The fourth-order valence-corrected chi connectivity index (χ4v) is 1.54. The molecule has 0 radical (unpaired) electrons. The van der Waals surface area contributed by atoms with Crippen molar-refractivity contribution in [2.45, 2.75) is 26.8 Å². The second kappa shape index (κ2) is 7.84. The van der Waals surface area contributed by atoms with E-state index in [1.807, 2.05) is 31.3 Å². The van der Waals surface area contributed by atoms with E-state index in [0.29, 0.717) is 11.5 Å². The molecule has 0 aliphatic rings. The van der Waals surface area contributed by atoms with Crippen molar-refractivity contribution in [1.29, 1.82) is 0 Å². The van der Waals surface area contributed by atoms with Gasteiger partial charge in [-0.2, -0.15) is 0 Å². The van der Waals surface area contributed by atoms with Crippen LogP contribution < -0.4 is 16.2 Å². The van der Waals surface area contributed by atoms with Crippen LogP contribution in [0.3, 0.4) is 0 Å². The first-order valence-electron chi connectivity index (χ1n) is 6.40. The summed E-state index contributed by atoms with van der Waals surface area (Å²) in [6, 6.07) is 7.64. The number of hydrogen-bond donors (Lipinski definition) is 3. The fraction of sp³-hybridized carbons (Fsp3) is 0.500. The smallest absolute Gasteiger partial charge is 0.251 e. The summed E-state index contributed by atoms with van der Waals surface area (Å²) in [4.78, 5) is 11.8. The number of nitrogens with one attached hydrogen (secondary N) is 3. The van der Waals surface area contributed by atoms with E-state index in [-0.39, 0.29) is 5.91 Å². The van der Waals surface area contributed by atoms with Crippen molar-refractivity contribution in [3.63, 3.8) is 0 Å². The van der Waals surface area contributed by atoms with E-state index in [0.717, 1.165) is 25.1 Å². The van der Waals surface area contributed by atoms with Gasteiger partial charge in [0.1, 0.15) is 0 Å². The molecule has 0 atom stereocenters. The second-order valence-corrected chi connectivity index (χ2v) is 4.74. The third-order valence-electron chi connectivity index (χ3n) is 2.69. The zero-order chi connectivity index (χ0) is 13.4. The lowest BCUT2D eigenvalue weighted by Gasteiger charge is -2.08. The number of rotatable bonds is 7. The Labute approximate surface area is 109 Å². The molecule has 0 fully saturated rings. The van der Waals surface area contributed by atoms with Gasteiger partial charge in [-0.05, 0) is 37.1 Å². The topological polar surface area (TPSA) is 53.2 Å². The standard InChI is InChI=1S/C14H23N3O/c1-11(2)8-9-16-14(18)13-6-4-12(5-7-13)10-17-15-3/h4-7,11,15,17H,8-10H2,1-3H3,(H,16,18). The van der Waals surface area contributed by atoms with Crippen molar-refractivity contribution < 1.29 is 4.79 Å². The highest BCUT2D eigenvalue weighted by molar-refractivity contribution is 5.94. The molecular weight excluding hydrogens is 226 g/mol. The van der Waals surface area contributed by atoms with Crippen molar-refractivity contribution in [1.82, 2.24) is 16.2 Å². The molecule has 1 aromatic rings. The Bertz CT molecular complexity index is 360. The fourth-order valence-electron chi connectivity index (χ4n) is 1.54. The van der Waals surface area contributed by atoms with Crippen molar-refractivity contribution in [3.05, 3.63) is 35.4 Å². The molecule has 1 aromatic carbocycles. The molecule has 0 spiro atoms. The van der Waals surface area contributed by atoms with Crippen LogP contribution in [0.5, 0.6) is 0 Å². The third-order valence-corrected chi connectivity index (χ3v) is 2.69. The lowest BCUT2D eigenvalue weighted by Crippen LogP contribution is -2.27. The summed E-state index contributed by atoms with van der Waals surface area (Å²) < 4.78 is 0. The maximum atomic E-state index is 11.8. The summed E-state index contributed by atoms with van der Waals surface area (Å²) in [6.07, 6.45) is 1.01. The van der Waals surface area contributed by atoms with Crippen LogP contribution in [-0.2, 0) is 6.54 Å². The van der Waals surface area contributed by atoms with Crippen LogP contribution in [0, 0.1) is 5.92 Å². The second-order valence-electron chi connectivity index (χ2n) is 4.74. The Hall–Kier alpha value is -1.39.